The molecule has 4 nitrogen and oxygen atoms in total. The van der Waals surface area contributed by atoms with E-state index in [1.54, 1.807) is 36.4 Å². The lowest BCUT2D eigenvalue weighted by molar-refractivity contribution is -0.149. The van der Waals surface area contributed by atoms with Crippen LogP contribution in [-0.2, 0) is 13.3 Å². The molecule has 192 valence electrons. The van der Waals surface area contributed by atoms with Crippen LogP contribution in [0.2, 0.25) is 5.02 Å². The number of hydrogen-bond acceptors (Lipinski definition) is 4. The standard InChI is InChI=1S/C28H22Br2Cl2FNO3/c1-27(2)23(25(29)28(30,32)17-9-11-18(31)12-10-17)24(27)26(35)37-22(15-34)16-8-13-20(33)21(14-16)36-19-6-4-3-5-7-19/h3-14,22-25H,1-2H3/t22-,23?,24?,25?,28?/m0/s1. The minimum atomic E-state index is -1.24. The summed E-state index contributed by atoms with van der Waals surface area (Å²) < 4.78 is 24.6. The molecule has 0 saturated heterocycles. The molecule has 0 aromatic heterocycles. The van der Waals surface area contributed by atoms with Crippen LogP contribution in [0.3, 0.4) is 0 Å². The van der Waals surface area contributed by atoms with E-state index in [9.17, 15) is 14.4 Å². The first-order chi connectivity index (χ1) is 17.5. The van der Waals surface area contributed by atoms with E-state index in [0.717, 1.165) is 5.56 Å². The van der Waals surface area contributed by atoms with Gasteiger partial charge in [0.05, 0.1) is 10.7 Å². The van der Waals surface area contributed by atoms with Crippen LogP contribution in [-0.4, -0.2) is 10.8 Å². The van der Waals surface area contributed by atoms with Crippen molar-refractivity contribution in [2.24, 2.45) is 17.3 Å². The Kier molecular flexibility index (Phi) is 8.25. The Hall–Kier alpha value is -2.11. The van der Waals surface area contributed by atoms with Crippen LogP contribution < -0.4 is 4.74 Å². The second-order valence-corrected chi connectivity index (χ2v) is 13.1. The van der Waals surface area contributed by atoms with Crippen molar-refractivity contribution in [3.8, 4) is 17.6 Å². The predicted molar refractivity (Wildman–Crippen MR) is 149 cm³/mol. The van der Waals surface area contributed by atoms with Crippen LogP contribution in [0.25, 0.3) is 0 Å². The molecule has 1 aliphatic rings. The Bertz CT molecular complexity index is 1330. The van der Waals surface area contributed by atoms with E-state index >= 15 is 0 Å². The molecule has 1 aliphatic carbocycles. The van der Waals surface area contributed by atoms with Gasteiger partial charge in [0.25, 0.3) is 0 Å². The topological polar surface area (TPSA) is 59.3 Å². The molecule has 4 unspecified atom stereocenters. The number of para-hydroxylation sites is 1. The van der Waals surface area contributed by atoms with Crippen molar-refractivity contribution in [3.05, 3.63) is 94.8 Å². The largest absolute Gasteiger partial charge is 0.454 e. The van der Waals surface area contributed by atoms with E-state index in [1.165, 1.54) is 18.2 Å². The molecule has 1 fully saturated rings. The SMILES string of the molecule is CC1(C)C(C(=O)O[C@@H](C#N)c2ccc(F)c(Oc3ccccc3)c2)C1C(Br)C(Cl)(Br)c1ccc(Cl)cc1. The van der Waals surface area contributed by atoms with E-state index in [0.29, 0.717) is 16.3 Å². The first-order valence-corrected chi connectivity index (χ1v) is 13.8. The summed E-state index contributed by atoms with van der Waals surface area (Å²) in [5.41, 5.74) is 0.639. The Morgan fingerprint density at radius 3 is 2.41 bits per heavy atom. The monoisotopic (exact) mass is 667 g/mol. The molecule has 9 heteroatoms. The normalized spacial score (nSPS) is 21.1. The van der Waals surface area contributed by atoms with Gasteiger partial charge in [0.15, 0.2) is 11.6 Å². The van der Waals surface area contributed by atoms with Gasteiger partial charge in [-0.1, -0.05) is 93.7 Å². The predicted octanol–water partition coefficient (Wildman–Crippen LogP) is 8.90. The van der Waals surface area contributed by atoms with Crippen LogP contribution in [0, 0.1) is 34.4 Å². The van der Waals surface area contributed by atoms with E-state index in [-0.39, 0.29) is 16.5 Å². The summed E-state index contributed by atoms with van der Waals surface area (Å²) in [5.74, 6) is -1.47. The average Bonchev–Trinajstić information content (AvgIpc) is 3.45. The molecule has 0 heterocycles. The number of rotatable bonds is 8. The van der Waals surface area contributed by atoms with Gasteiger partial charge in [-0.05, 0) is 53.3 Å². The van der Waals surface area contributed by atoms with E-state index in [1.807, 2.05) is 38.1 Å². The molecule has 4 rings (SSSR count). The number of carbonyl (C=O) groups excluding carboxylic acids is 1. The number of nitriles is 1. The maximum atomic E-state index is 14.4. The zero-order valence-corrected chi connectivity index (χ0v) is 24.5. The number of carbonyl (C=O) groups is 1. The molecule has 0 aliphatic heterocycles. The first-order valence-electron chi connectivity index (χ1n) is 11.4. The molecule has 3 aromatic rings. The van der Waals surface area contributed by atoms with Crippen LogP contribution >= 0.6 is 55.1 Å². The Morgan fingerprint density at radius 1 is 1.14 bits per heavy atom. The van der Waals surface area contributed by atoms with Crippen molar-refractivity contribution in [1.82, 2.24) is 0 Å². The first kappa shape index (κ1) is 27.9. The highest BCUT2D eigenvalue weighted by molar-refractivity contribution is 9.12. The smallest absolute Gasteiger partial charge is 0.311 e. The van der Waals surface area contributed by atoms with Crippen molar-refractivity contribution in [3.63, 3.8) is 0 Å². The van der Waals surface area contributed by atoms with E-state index < -0.39 is 33.0 Å². The molecule has 0 radical (unpaired) electrons. The molecule has 37 heavy (non-hydrogen) atoms. The molecule has 1 saturated carbocycles. The third kappa shape index (κ3) is 5.83. The van der Waals surface area contributed by atoms with Gasteiger partial charge in [-0.2, -0.15) is 5.26 Å². The highest BCUT2D eigenvalue weighted by atomic mass is 79.9. The Balaban J connectivity index is 1.50. The van der Waals surface area contributed by atoms with Gasteiger partial charge in [-0.15, -0.1) is 11.6 Å². The maximum absolute atomic E-state index is 14.4. The Labute approximate surface area is 241 Å². The molecular formula is C28H22Br2Cl2FNO3. The van der Waals surface area contributed by atoms with Crippen LogP contribution in [0.5, 0.6) is 11.5 Å². The van der Waals surface area contributed by atoms with E-state index in [4.69, 9.17) is 32.7 Å². The van der Waals surface area contributed by atoms with Gasteiger partial charge < -0.3 is 9.47 Å². The van der Waals surface area contributed by atoms with Crippen LogP contribution in [0.1, 0.15) is 31.1 Å². The number of ether oxygens (including phenoxy) is 2. The second kappa shape index (κ2) is 10.9. The fourth-order valence-corrected chi connectivity index (χ4v) is 6.65. The van der Waals surface area contributed by atoms with Gasteiger partial charge in [-0.3, -0.25) is 4.79 Å². The van der Waals surface area contributed by atoms with Gasteiger partial charge in [0.1, 0.15) is 15.6 Å². The molecular weight excluding hydrogens is 648 g/mol. The Morgan fingerprint density at radius 2 is 1.78 bits per heavy atom. The second-order valence-electron chi connectivity index (χ2n) is 9.41. The molecule has 0 bridgehead atoms. The minimum Gasteiger partial charge on any atom is -0.454 e. The summed E-state index contributed by atoms with van der Waals surface area (Å²) in [6.07, 6.45) is -1.24. The highest BCUT2D eigenvalue weighted by Crippen LogP contribution is 2.66. The van der Waals surface area contributed by atoms with Gasteiger partial charge in [0, 0.05) is 10.6 Å². The van der Waals surface area contributed by atoms with Gasteiger partial charge in [0.2, 0.25) is 6.10 Å². The zero-order chi connectivity index (χ0) is 27.0. The molecule has 0 N–H and O–H groups in total. The van der Waals surface area contributed by atoms with Crippen LogP contribution in [0.15, 0.2) is 72.8 Å². The van der Waals surface area contributed by atoms with Crippen molar-refractivity contribution >= 4 is 61.0 Å². The fraction of sp³-hybridized carbons (Fsp3) is 0.286. The third-order valence-electron chi connectivity index (χ3n) is 6.64. The highest BCUT2D eigenvalue weighted by Gasteiger charge is 2.68. The summed E-state index contributed by atoms with van der Waals surface area (Å²) in [6, 6.07) is 21.8. The van der Waals surface area contributed by atoms with Crippen molar-refractivity contribution in [1.29, 1.82) is 5.26 Å². The number of hydrogen-bond donors (Lipinski definition) is 0. The van der Waals surface area contributed by atoms with Gasteiger partial charge in [-0.25, -0.2) is 4.39 Å². The van der Waals surface area contributed by atoms with Gasteiger partial charge >= 0.3 is 5.97 Å². The third-order valence-corrected chi connectivity index (χ3v) is 10.4. The summed E-state index contributed by atoms with van der Waals surface area (Å²) in [4.78, 5) is 12.9. The molecule has 3 aromatic carbocycles. The quantitative estimate of drug-likeness (QED) is 0.178. The summed E-state index contributed by atoms with van der Waals surface area (Å²) in [7, 11) is 0. The number of nitrogens with zero attached hydrogens (tertiary/aromatic N) is 1. The number of halogens is 5. The number of esters is 1. The lowest BCUT2D eigenvalue weighted by atomic mass is 10.0. The maximum Gasteiger partial charge on any atom is 0.311 e. The number of alkyl halides is 3. The van der Waals surface area contributed by atoms with E-state index in [2.05, 4.69) is 31.9 Å². The minimum absolute atomic E-state index is 0.0701. The summed E-state index contributed by atoms with van der Waals surface area (Å²) in [5, 5.41) is 10.4. The van der Waals surface area contributed by atoms with Crippen molar-refractivity contribution in [2.75, 3.05) is 0 Å². The van der Waals surface area contributed by atoms with Crippen molar-refractivity contribution < 1.29 is 18.7 Å². The zero-order valence-electron chi connectivity index (χ0n) is 19.8. The summed E-state index contributed by atoms with van der Waals surface area (Å²) in [6.45, 7) is 3.90. The fourth-order valence-electron chi connectivity index (χ4n) is 4.47. The van der Waals surface area contributed by atoms with Crippen molar-refractivity contribution in [2.45, 2.75) is 28.6 Å². The average molecular weight is 670 g/mol. The van der Waals surface area contributed by atoms with Crippen LogP contribution in [0.4, 0.5) is 4.39 Å². The molecule has 0 amide bonds. The molecule has 0 spiro atoms. The lowest BCUT2D eigenvalue weighted by Crippen LogP contribution is -2.27. The number of benzene rings is 3. The lowest BCUT2D eigenvalue weighted by Gasteiger charge is -2.28. The summed E-state index contributed by atoms with van der Waals surface area (Å²) >= 11 is 20.2. The molecule has 5 atom stereocenters.